The Kier molecular flexibility index (Phi) is 5.99. The van der Waals surface area contributed by atoms with Crippen LogP contribution in [-0.2, 0) is 20.8 Å². The molecular weight excluding hydrogens is 310 g/mol. The fourth-order valence-electron chi connectivity index (χ4n) is 2.35. The van der Waals surface area contributed by atoms with Crippen LogP contribution in [0.4, 0.5) is 5.69 Å². The van der Waals surface area contributed by atoms with Crippen LogP contribution in [0.25, 0.3) is 0 Å². The van der Waals surface area contributed by atoms with Crippen LogP contribution in [0.2, 0.25) is 0 Å². The highest BCUT2D eigenvalue weighted by Crippen LogP contribution is 2.23. The van der Waals surface area contributed by atoms with Crippen molar-refractivity contribution in [3.63, 3.8) is 0 Å². The van der Waals surface area contributed by atoms with Gasteiger partial charge in [0.05, 0.1) is 23.7 Å². The molecule has 23 heavy (non-hydrogen) atoms. The number of ether oxygens (including phenoxy) is 3. The van der Waals surface area contributed by atoms with Crippen molar-refractivity contribution in [3.8, 4) is 0 Å². The molecule has 1 aromatic rings. The summed E-state index contributed by atoms with van der Waals surface area (Å²) in [5, 5.41) is 40.2. The summed E-state index contributed by atoms with van der Waals surface area (Å²) < 4.78 is 15.5. The van der Waals surface area contributed by atoms with E-state index in [2.05, 4.69) is 0 Å². The van der Waals surface area contributed by atoms with E-state index < -0.39 is 35.6 Å². The van der Waals surface area contributed by atoms with E-state index in [9.17, 15) is 25.4 Å². The number of nitrogens with zero attached hydrogens (tertiary/aromatic N) is 1. The topological polar surface area (TPSA) is 132 Å². The number of hydrogen-bond donors (Lipinski definition) is 3. The summed E-state index contributed by atoms with van der Waals surface area (Å²) in [6, 6.07) is 6.13. The van der Waals surface area contributed by atoms with Crippen molar-refractivity contribution in [1.29, 1.82) is 0 Å². The molecule has 0 saturated carbocycles. The van der Waals surface area contributed by atoms with Crippen LogP contribution in [0.15, 0.2) is 24.3 Å². The molecule has 0 bridgehead atoms. The monoisotopic (exact) mass is 329 g/mol. The van der Waals surface area contributed by atoms with E-state index >= 15 is 0 Å². The van der Waals surface area contributed by atoms with E-state index in [1.807, 2.05) is 0 Å². The standard InChI is InChI=1S/C14H19NO8/c1-21-14-13(18)12(17)11(16)10(23-14)7-22-6-8-4-2-3-5-9(8)15(19)20/h2-5,10-14,16-18H,6-7H2,1H3/t10-,11-,12+,13+,14+/m1/s1. The van der Waals surface area contributed by atoms with Gasteiger partial charge in [0.2, 0.25) is 0 Å². The third-order valence-corrected chi connectivity index (χ3v) is 3.63. The Labute approximate surface area is 132 Å². The Morgan fingerprint density at radius 1 is 1.22 bits per heavy atom. The second-order valence-corrected chi connectivity index (χ2v) is 5.15. The Morgan fingerprint density at radius 2 is 1.91 bits per heavy atom. The van der Waals surface area contributed by atoms with E-state index in [0.29, 0.717) is 5.56 Å². The number of aliphatic hydroxyl groups excluding tert-OH is 3. The maximum atomic E-state index is 10.9. The molecule has 0 aromatic heterocycles. The first-order valence-corrected chi connectivity index (χ1v) is 6.98. The van der Waals surface area contributed by atoms with Gasteiger partial charge < -0.3 is 29.5 Å². The molecule has 0 spiro atoms. The van der Waals surface area contributed by atoms with E-state index in [0.717, 1.165) is 0 Å². The fraction of sp³-hybridized carbons (Fsp3) is 0.571. The van der Waals surface area contributed by atoms with Crippen molar-refractivity contribution in [1.82, 2.24) is 0 Å². The predicted octanol–water partition coefficient (Wildman–Crippen LogP) is -0.435. The van der Waals surface area contributed by atoms with Gasteiger partial charge in [-0.3, -0.25) is 10.1 Å². The molecule has 5 atom stereocenters. The first-order valence-electron chi connectivity index (χ1n) is 6.98. The second-order valence-electron chi connectivity index (χ2n) is 5.15. The van der Waals surface area contributed by atoms with Crippen molar-refractivity contribution in [2.45, 2.75) is 37.3 Å². The minimum atomic E-state index is -1.44. The highest BCUT2D eigenvalue weighted by atomic mass is 16.7. The van der Waals surface area contributed by atoms with Crippen LogP contribution in [-0.4, -0.2) is 64.7 Å². The van der Waals surface area contributed by atoms with E-state index in [4.69, 9.17) is 14.2 Å². The zero-order valence-corrected chi connectivity index (χ0v) is 12.4. The Balaban J connectivity index is 1.94. The summed E-state index contributed by atoms with van der Waals surface area (Å²) in [4.78, 5) is 10.4. The maximum absolute atomic E-state index is 10.9. The Bertz CT molecular complexity index is 537. The summed E-state index contributed by atoms with van der Waals surface area (Å²) in [7, 11) is 1.30. The van der Waals surface area contributed by atoms with E-state index in [1.54, 1.807) is 18.2 Å². The zero-order chi connectivity index (χ0) is 17.0. The molecule has 1 aliphatic heterocycles. The molecule has 0 amide bonds. The molecule has 1 heterocycles. The van der Waals surface area contributed by atoms with Gasteiger partial charge in [-0.25, -0.2) is 0 Å². The van der Waals surface area contributed by atoms with Gasteiger partial charge >= 0.3 is 0 Å². The number of nitro benzene ring substituents is 1. The number of nitro groups is 1. The van der Waals surface area contributed by atoms with E-state index in [-0.39, 0.29) is 18.9 Å². The highest BCUT2D eigenvalue weighted by molar-refractivity contribution is 5.39. The van der Waals surface area contributed by atoms with Crippen molar-refractivity contribution in [2.75, 3.05) is 13.7 Å². The van der Waals surface area contributed by atoms with E-state index in [1.165, 1.54) is 13.2 Å². The summed E-state index contributed by atoms with van der Waals surface area (Å²) >= 11 is 0. The van der Waals surface area contributed by atoms with Crippen LogP contribution in [0.5, 0.6) is 0 Å². The maximum Gasteiger partial charge on any atom is 0.274 e. The second kappa shape index (κ2) is 7.77. The van der Waals surface area contributed by atoms with Crippen LogP contribution >= 0.6 is 0 Å². The molecule has 0 radical (unpaired) electrons. The normalized spacial score (nSPS) is 31.0. The van der Waals surface area contributed by atoms with Gasteiger partial charge in [-0.2, -0.15) is 0 Å². The van der Waals surface area contributed by atoms with Crippen LogP contribution < -0.4 is 0 Å². The molecule has 3 N–H and O–H groups in total. The number of para-hydroxylation sites is 1. The third kappa shape index (κ3) is 4.02. The summed E-state index contributed by atoms with van der Waals surface area (Å²) in [5.41, 5.74) is 0.314. The lowest BCUT2D eigenvalue weighted by Crippen LogP contribution is -2.59. The molecule has 2 rings (SSSR count). The van der Waals surface area contributed by atoms with Crippen molar-refractivity contribution in [2.24, 2.45) is 0 Å². The molecule has 1 aromatic carbocycles. The third-order valence-electron chi connectivity index (χ3n) is 3.63. The predicted molar refractivity (Wildman–Crippen MR) is 76.4 cm³/mol. The number of methoxy groups -OCH3 is 1. The molecule has 1 aliphatic rings. The van der Waals surface area contributed by atoms with Crippen molar-refractivity contribution in [3.05, 3.63) is 39.9 Å². The van der Waals surface area contributed by atoms with Gasteiger partial charge in [0.15, 0.2) is 6.29 Å². The van der Waals surface area contributed by atoms with Crippen LogP contribution in [0, 0.1) is 10.1 Å². The van der Waals surface area contributed by atoms with Gasteiger partial charge in [0, 0.05) is 13.2 Å². The minimum Gasteiger partial charge on any atom is -0.387 e. The first kappa shape index (κ1) is 17.7. The first-order chi connectivity index (χ1) is 11.0. The number of rotatable bonds is 6. The molecule has 0 aliphatic carbocycles. The fourth-order valence-corrected chi connectivity index (χ4v) is 2.35. The van der Waals surface area contributed by atoms with Crippen LogP contribution in [0.3, 0.4) is 0 Å². The van der Waals surface area contributed by atoms with Gasteiger partial charge in [-0.1, -0.05) is 12.1 Å². The summed E-state index contributed by atoms with van der Waals surface area (Å²) in [5.74, 6) is 0. The van der Waals surface area contributed by atoms with Gasteiger partial charge in [0.1, 0.15) is 24.4 Å². The zero-order valence-electron chi connectivity index (χ0n) is 12.4. The SMILES string of the molecule is CO[C@H]1O[C@H](COCc2ccccc2[N+](=O)[O-])[C@@H](O)[C@H](O)[C@@H]1O. The van der Waals surface area contributed by atoms with Crippen LogP contribution in [0.1, 0.15) is 5.56 Å². The van der Waals surface area contributed by atoms with Crippen molar-refractivity contribution < 1.29 is 34.5 Å². The average Bonchev–Trinajstić information content (AvgIpc) is 2.55. The molecular formula is C14H19NO8. The molecule has 9 nitrogen and oxygen atoms in total. The number of hydrogen-bond acceptors (Lipinski definition) is 8. The van der Waals surface area contributed by atoms with Crippen molar-refractivity contribution >= 4 is 5.69 Å². The highest BCUT2D eigenvalue weighted by Gasteiger charge is 2.43. The minimum absolute atomic E-state index is 0.0555. The Morgan fingerprint density at radius 3 is 2.57 bits per heavy atom. The molecule has 9 heteroatoms. The van der Waals surface area contributed by atoms with Gasteiger partial charge in [-0.05, 0) is 6.07 Å². The van der Waals surface area contributed by atoms with Gasteiger partial charge in [-0.15, -0.1) is 0 Å². The average molecular weight is 329 g/mol. The summed E-state index contributed by atoms with van der Waals surface area (Å²) in [6.07, 6.45) is -6.19. The lowest BCUT2D eigenvalue weighted by atomic mass is 9.99. The molecule has 128 valence electrons. The summed E-state index contributed by atoms with van der Waals surface area (Å²) in [6.45, 7) is -0.184. The smallest absolute Gasteiger partial charge is 0.274 e. The quantitative estimate of drug-likeness (QED) is 0.473. The lowest BCUT2D eigenvalue weighted by molar-refractivity contribution is -0.386. The number of aliphatic hydroxyl groups is 3. The Hall–Kier alpha value is -1.62. The lowest BCUT2D eigenvalue weighted by Gasteiger charge is -2.39. The largest absolute Gasteiger partial charge is 0.387 e. The molecule has 1 fully saturated rings. The molecule has 0 unspecified atom stereocenters. The molecule has 1 saturated heterocycles. The number of benzene rings is 1. The van der Waals surface area contributed by atoms with Gasteiger partial charge in [0.25, 0.3) is 5.69 Å².